The van der Waals surface area contributed by atoms with Crippen molar-refractivity contribution in [2.45, 2.75) is 13.0 Å². The first-order valence-electron chi connectivity index (χ1n) is 3.52. The van der Waals surface area contributed by atoms with Crippen molar-refractivity contribution in [2.75, 3.05) is 0 Å². The molecule has 2 atom stereocenters. The lowest BCUT2D eigenvalue weighted by Crippen LogP contribution is -2.26. The highest BCUT2D eigenvalue weighted by molar-refractivity contribution is 5.88. The molecule has 0 fully saturated rings. The molecule has 0 saturated carbocycles. The predicted octanol–water partition coefficient (Wildman–Crippen LogP) is 1.08. The van der Waals surface area contributed by atoms with Crippen LogP contribution in [-0.2, 0) is 0 Å². The second kappa shape index (κ2) is 1.97. The molecule has 0 aromatic heterocycles. The van der Waals surface area contributed by atoms with Gasteiger partial charge in [0.15, 0.2) is 0 Å². The zero-order valence-corrected chi connectivity index (χ0v) is 5.91. The molecule has 1 heterocycles. The van der Waals surface area contributed by atoms with Crippen molar-refractivity contribution < 1.29 is 0 Å². The molecule has 2 rings (SSSR count). The maximum absolute atomic E-state index is 4.14. The number of hydrogen-bond acceptors (Lipinski definition) is 2. The van der Waals surface area contributed by atoms with Crippen LogP contribution in [0.3, 0.4) is 0 Å². The molecule has 0 bridgehead atoms. The van der Waals surface area contributed by atoms with E-state index in [4.69, 9.17) is 0 Å². The standard InChI is InChI=1S/C8H10N2/c1-6-7-4-2-3-5-8(7)10-9-6/h2-5,7-8,10H,1H3. The van der Waals surface area contributed by atoms with Crippen LogP contribution < -0.4 is 5.43 Å². The van der Waals surface area contributed by atoms with Crippen LogP contribution in [0.25, 0.3) is 0 Å². The van der Waals surface area contributed by atoms with Gasteiger partial charge in [-0.15, -0.1) is 0 Å². The maximum atomic E-state index is 4.14. The Bertz CT molecular complexity index is 225. The van der Waals surface area contributed by atoms with Gasteiger partial charge in [0.1, 0.15) is 0 Å². The monoisotopic (exact) mass is 134 g/mol. The van der Waals surface area contributed by atoms with Gasteiger partial charge in [-0.1, -0.05) is 24.3 Å². The summed E-state index contributed by atoms with van der Waals surface area (Å²) >= 11 is 0. The van der Waals surface area contributed by atoms with Gasteiger partial charge in [-0.3, -0.25) is 0 Å². The summed E-state index contributed by atoms with van der Waals surface area (Å²) in [7, 11) is 0. The minimum atomic E-state index is 0.421. The Kier molecular flexibility index (Phi) is 1.13. The molecule has 52 valence electrons. The Morgan fingerprint density at radius 1 is 1.40 bits per heavy atom. The first-order chi connectivity index (χ1) is 4.88. The SMILES string of the molecule is CC1=NNC2C=CC=CC12. The highest BCUT2D eigenvalue weighted by Crippen LogP contribution is 2.18. The molecule has 2 unspecified atom stereocenters. The quantitative estimate of drug-likeness (QED) is 0.526. The topological polar surface area (TPSA) is 24.4 Å². The third kappa shape index (κ3) is 0.685. The number of nitrogens with one attached hydrogen (secondary N) is 1. The highest BCUT2D eigenvalue weighted by atomic mass is 15.3. The van der Waals surface area contributed by atoms with E-state index in [2.05, 4.69) is 41.8 Å². The van der Waals surface area contributed by atoms with Crippen LogP contribution in [0.5, 0.6) is 0 Å². The number of nitrogens with zero attached hydrogens (tertiary/aromatic N) is 1. The Balaban J connectivity index is 2.27. The van der Waals surface area contributed by atoms with Gasteiger partial charge in [0, 0.05) is 11.6 Å². The molecule has 2 nitrogen and oxygen atoms in total. The van der Waals surface area contributed by atoms with Crippen LogP contribution in [0.1, 0.15) is 6.92 Å². The molecule has 0 amide bonds. The fourth-order valence-electron chi connectivity index (χ4n) is 1.38. The van der Waals surface area contributed by atoms with Crippen molar-refractivity contribution in [1.29, 1.82) is 0 Å². The van der Waals surface area contributed by atoms with Gasteiger partial charge in [0.25, 0.3) is 0 Å². The van der Waals surface area contributed by atoms with Crippen molar-refractivity contribution >= 4 is 5.71 Å². The Morgan fingerprint density at radius 3 is 3.00 bits per heavy atom. The average molecular weight is 134 g/mol. The van der Waals surface area contributed by atoms with E-state index in [1.54, 1.807) is 0 Å². The molecule has 0 spiro atoms. The Labute approximate surface area is 60.3 Å². The van der Waals surface area contributed by atoms with Crippen LogP contribution in [0.2, 0.25) is 0 Å². The molecule has 10 heavy (non-hydrogen) atoms. The second-order valence-electron chi connectivity index (χ2n) is 2.70. The van der Waals surface area contributed by atoms with Crippen molar-refractivity contribution in [2.24, 2.45) is 11.0 Å². The van der Waals surface area contributed by atoms with Crippen LogP contribution in [0.15, 0.2) is 29.4 Å². The van der Waals surface area contributed by atoms with Crippen molar-refractivity contribution in [3.8, 4) is 0 Å². The lowest BCUT2D eigenvalue weighted by Gasteiger charge is -2.14. The number of allylic oxidation sites excluding steroid dienone is 2. The van der Waals surface area contributed by atoms with E-state index < -0.39 is 0 Å². The van der Waals surface area contributed by atoms with E-state index in [9.17, 15) is 0 Å². The van der Waals surface area contributed by atoms with E-state index in [0.717, 1.165) is 0 Å². The third-order valence-corrected chi connectivity index (χ3v) is 2.01. The Hall–Kier alpha value is -1.05. The summed E-state index contributed by atoms with van der Waals surface area (Å²) in [5.74, 6) is 0.505. The second-order valence-corrected chi connectivity index (χ2v) is 2.70. The minimum Gasteiger partial charge on any atom is -0.302 e. The summed E-state index contributed by atoms with van der Waals surface area (Å²) in [6, 6.07) is 0.421. The molecule has 1 aliphatic heterocycles. The summed E-state index contributed by atoms with van der Waals surface area (Å²) in [5, 5.41) is 4.14. The third-order valence-electron chi connectivity index (χ3n) is 2.01. The molecule has 0 aromatic rings. The van der Waals surface area contributed by atoms with Crippen LogP contribution in [0.4, 0.5) is 0 Å². The first kappa shape index (κ1) is 5.71. The van der Waals surface area contributed by atoms with E-state index in [-0.39, 0.29) is 0 Å². The van der Waals surface area contributed by atoms with Crippen molar-refractivity contribution in [3.63, 3.8) is 0 Å². The lowest BCUT2D eigenvalue weighted by molar-refractivity contribution is 0.620. The van der Waals surface area contributed by atoms with Gasteiger partial charge in [0.2, 0.25) is 0 Å². The fourth-order valence-corrected chi connectivity index (χ4v) is 1.38. The molecule has 2 heteroatoms. The van der Waals surface area contributed by atoms with E-state index >= 15 is 0 Å². The van der Waals surface area contributed by atoms with Gasteiger partial charge < -0.3 is 5.43 Å². The van der Waals surface area contributed by atoms with Crippen LogP contribution >= 0.6 is 0 Å². The number of hydrazone groups is 1. The number of hydrogen-bond donors (Lipinski definition) is 1. The number of fused-ring (bicyclic) bond motifs is 1. The smallest absolute Gasteiger partial charge is 0.0739 e. The maximum Gasteiger partial charge on any atom is 0.0739 e. The molecular formula is C8H10N2. The van der Waals surface area contributed by atoms with Crippen molar-refractivity contribution in [3.05, 3.63) is 24.3 Å². The largest absolute Gasteiger partial charge is 0.302 e. The van der Waals surface area contributed by atoms with Gasteiger partial charge >= 0.3 is 0 Å². The van der Waals surface area contributed by atoms with Gasteiger partial charge in [-0.25, -0.2) is 0 Å². The first-order valence-corrected chi connectivity index (χ1v) is 3.52. The van der Waals surface area contributed by atoms with Gasteiger partial charge in [-0.05, 0) is 6.92 Å². The molecule has 2 aliphatic rings. The summed E-state index contributed by atoms with van der Waals surface area (Å²) in [6.45, 7) is 2.06. The zero-order chi connectivity index (χ0) is 6.97. The molecule has 1 N–H and O–H groups in total. The predicted molar refractivity (Wildman–Crippen MR) is 41.8 cm³/mol. The van der Waals surface area contributed by atoms with E-state index in [0.29, 0.717) is 12.0 Å². The normalized spacial score (nSPS) is 35.1. The lowest BCUT2D eigenvalue weighted by atomic mass is 9.93. The van der Waals surface area contributed by atoms with Crippen LogP contribution in [-0.4, -0.2) is 11.8 Å². The van der Waals surface area contributed by atoms with E-state index in [1.165, 1.54) is 5.71 Å². The molecule has 0 radical (unpaired) electrons. The molecule has 1 aliphatic carbocycles. The van der Waals surface area contributed by atoms with E-state index in [1.807, 2.05) is 0 Å². The summed E-state index contributed by atoms with van der Waals surface area (Å²) in [6.07, 6.45) is 8.46. The summed E-state index contributed by atoms with van der Waals surface area (Å²) in [5.41, 5.74) is 4.24. The molecule has 0 saturated heterocycles. The minimum absolute atomic E-state index is 0.421. The highest BCUT2D eigenvalue weighted by Gasteiger charge is 2.25. The zero-order valence-electron chi connectivity index (χ0n) is 5.91. The summed E-state index contributed by atoms with van der Waals surface area (Å²) in [4.78, 5) is 0. The van der Waals surface area contributed by atoms with Gasteiger partial charge in [0.05, 0.1) is 6.04 Å². The summed E-state index contributed by atoms with van der Waals surface area (Å²) < 4.78 is 0. The van der Waals surface area contributed by atoms with Crippen LogP contribution in [0, 0.1) is 5.92 Å². The van der Waals surface area contributed by atoms with Gasteiger partial charge in [-0.2, -0.15) is 5.10 Å². The molecule has 0 aromatic carbocycles. The van der Waals surface area contributed by atoms with Crippen molar-refractivity contribution in [1.82, 2.24) is 5.43 Å². The molecular weight excluding hydrogens is 124 g/mol. The average Bonchev–Trinajstić information content (AvgIpc) is 2.34. The number of rotatable bonds is 0. The fraction of sp³-hybridized carbons (Fsp3) is 0.375. The Morgan fingerprint density at radius 2 is 2.20 bits per heavy atom.